The van der Waals surface area contributed by atoms with Gasteiger partial charge in [-0.3, -0.25) is 5.10 Å². The van der Waals surface area contributed by atoms with E-state index in [9.17, 15) is 0 Å². The van der Waals surface area contributed by atoms with Crippen LogP contribution in [0.1, 0.15) is 171 Å². The molecule has 0 aliphatic carbocycles. The molecule has 0 radical (unpaired) electrons. The Labute approximate surface area is 444 Å². The molecule has 20 heteroatoms. The first kappa shape index (κ1) is 80.2. The van der Waals surface area contributed by atoms with Crippen LogP contribution in [-0.4, -0.2) is 69.2 Å². The molecule has 0 aliphatic heterocycles. The van der Waals surface area contributed by atoms with Gasteiger partial charge in [0.1, 0.15) is 44.0 Å². The number of aromatic nitrogens is 14. The molecule has 0 aliphatic rings. The molecular formula is C52H98N14O4S2. The molecule has 0 aromatic carbocycles. The maximum atomic E-state index is 4.47. The van der Waals surface area contributed by atoms with Crippen molar-refractivity contribution < 1.29 is 18.0 Å². The molecule has 8 aromatic rings. The number of hydrogen-bond donors (Lipinski definition) is 1. The molecule has 0 atom stereocenters. The summed E-state index contributed by atoms with van der Waals surface area (Å²) in [7, 11) is 0. The second-order valence-electron chi connectivity index (χ2n) is 18.9. The van der Waals surface area contributed by atoms with Crippen molar-refractivity contribution in [3.63, 3.8) is 0 Å². The van der Waals surface area contributed by atoms with Gasteiger partial charge < -0.3 is 18.0 Å². The Bertz CT molecular complexity index is 1370. The predicted molar refractivity (Wildman–Crippen MR) is 300 cm³/mol. The first-order valence-corrected chi connectivity index (χ1v) is 25.7. The van der Waals surface area contributed by atoms with Gasteiger partial charge in [-0.1, -0.05) is 164 Å². The Balaban J connectivity index is -0.000000126. The minimum atomic E-state index is 0.522. The fraction of sp³-hybridized carbons (Fsp3) is 0.596. The van der Waals surface area contributed by atoms with E-state index in [0.717, 1.165) is 47.1 Å². The normalized spacial score (nSPS) is 8.65. The van der Waals surface area contributed by atoms with E-state index >= 15 is 0 Å². The summed E-state index contributed by atoms with van der Waals surface area (Å²) >= 11 is 2.73. The standard InChI is InChI=1S/C5H8N2S.7C4H10.C3H3N3.C3H4N2.2C3H3NO.C3H3NS.2C2H2N2O/c1-4(2)5-3-6-8-7-5;7*1-4(2)3;1-4-2-6-3-5-1;1-2-4-5-3-1;1-2-5-3-4-1;2*1-2-4-5-3-1;2*1-2-5-4-3-1/h3-4H,1-2H3;7*4H,1-3H3;1-3H;1-3H,(H,4,5);3*1-3H;2*1-2H. The highest BCUT2D eigenvalue weighted by Crippen LogP contribution is 2.09. The van der Waals surface area contributed by atoms with E-state index in [0.29, 0.717) is 5.92 Å². The summed E-state index contributed by atoms with van der Waals surface area (Å²) in [6, 6.07) is 5.46. The average molecular weight is 1050 g/mol. The monoisotopic (exact) mass is 1050 g/mol. The van der Waals surface area contributed by atoms with Crippen molar-refractivity contribution in [2.75, 3.05) is 0 Å². The van der Waals surface area contributed by atoms with Gasteiger partial charge in [-0.05, 0) is 77.1 Å². The van der Waals surface area contributed by atoms with Crippen LogP contribution in [0.25, 0.3) is 0 Å². The third-order valence-electron chi connectivity index (χ3n) is 3.38. The van der Waals surface area contributed by atoms with Gasteiger partial charge >= 0.3 is 0 Å². The molecule has 0 amide bonds. The topological polar surface area (TPSA) is 236 Å². The minimum Gasteiger partial charge on any atom is -0.452 e. The fourth-order valence-corrected chi connectivity index (χ4v) is 2.55. The lowest BCUT2D eigenvalue weighted by Crippen LogP contribution is -1.83. The van der Waals surface area contributed by atoms with E-state index in [-0.39, 0.29) is 0 Å². The average Bonchev–Trinajstić information content (AvgIpc) is 4.17. The van der Waals surface area contributed by atoms with Crippen molar-refractivity contribution in [2.24, 2.45) is 41.4 Å². The Morgan fingerprint density at radius 3 is 1.01 bits per heavy atom. The number of oxazole rings is 1. The molecule has 8 aromatic heterocycles. The Morgan fingerprint density at radius 1 is 0.444 bits per heavy atom. The van der Waals surface area contributed by atoms with Crippen LogP contribution < -0.4 is 0 Å². The molecule has 0 saturated carbocycles. The van der Waals surface area contributed by atoms with Crippen molar-refractivity contribution in [1.82, 2.24) is 69.2 Å². The molecule has 1 N–H and O–H groups in total. The van der Waals surface area contributed by atoms with Crippen LogP contribution in [-0.2, 0) is 0 Å². The van der Waals surface area contributed by atoms with Gasteiger partial charge in [0.25, 0.3) is 0 Å². The van der Waals surface area contributed by atoms with Gasteiger partial charge in [0, 0.05) is 34.5 Å². The van der Waals surface area contributed by atoms with Crippen LogP contribution in [0, 0.1) is 41.4 Å². The molecule has 8 heterocycles. The minimum absolute atomic E-state index is 0.522. The van der Waals surface area contributed by atoms with E-state index in [1.165, 1.54) is 86.1 Å². The highest BCUT2D eigenvalue weighted by molar-refractivity contribution is 7.03. The van der Waals surface area contributed by atoms with Gasteiger partial charge in [-0.15, -0.1) is 10.2 Å². The lowest BCUT2D eigenvalue weighted by atomic mass is 10.2. The zero-order chi connectivity index (χ0) is 56.5. The zero-order valence-corrected chi connectivity index (χ0v) is 50.1. The second-order valence-corrected chi connectivity index (χ2v) is 20.1. The van der Waals surface area contributed by atoms with Crippen LogP contribution >= 0.6 is 23.3 Å². The molecule has 18 nitrogen and oxygen atoms in total. The van der Waals surface area contributed by atoms with Gasteiger partial charge in [0.05, 0.1) is 48.4 Å². The Morgan fingerprint density at radius 2 is 0.903 bits per heavy atom. The van der Waals surface area contributed by atoms with Crippen LogP contribution in [0.3, 0.4) is 0 Å². The number of aromatic amines is 1. The van der Waals surface area contributed by atoms with Gasteiger partial charge in [-0.2, -0.15) is 13.8 Å². The van der Waals surface area contributed by atoms with Crippen LogP contribution in [0.2, 0.25) is 0 Å². The molecule has 72 heavy (non-hydrogen) atoms. The number of H-pyrrole nitrogens is 1. The molecule has 8 rings (SSSR count). The summed E-state index contributed by atoms with van der Waals surface area (Å²) in [6.07, 6.45) is 24.7. The van der Waals surface area contributed by atoms with Crippen molar-refractivity contribution >= 4 is 23.3 Å². The lowest BCUT2D eigenvalue weighted by Gasteiger charge is -1.92. The highest BCUT2D eigenvalue weighted by Gasteiger charge is 1.98. The third kappa shape index (κ3) is 151. The summed E-state index contributed by atoms with van der Waals surface area (Å²) in [4.78, 5) is 14.2. The van der Waals surface area contributed by atoms with Crippen LogP contribution in [0.5, 0.6) is 0 Å². The molecule has 0 fully saturated rings. The summed E-state index contributed by atoms with van der Waals surface area (Å²) in [5.41, 5.74) is 1.09. The van der Waals surface area contributed by atoms with E-state index in [4.69, 9.17) is 0 Å². The van der Waals surface area contributed by atoms with E-state index in [1.807, 2.05) is 23.7 Å². The summed E-state index contributed by atoms with van der Waals surface area (Å²) < 4.78 is 28.9. The number of hydrogen-bond acceptors (Lipinski definition) is 19. The summed E-state index contributed by atoms with van der Waals surface area (Å²) in [5, 5.41) is 24.3. The number of nitrogens with zero attached hydrogens (tertiary/aromatic N) is 13. The first-order valence-electron chi connectivity index (χ1n) is 24.1. The van der Waals surface area contributed by atoms with Crippen molar-refractivity contribution in [3.8, 4) is 0 Å². The third-order valence-corrected chi connectivity index (χ3v) is 4.40. The maximum absolute atomic E-state index is 4.47. The predicted octanol–water partition coefficient (Wildman–Crippen LogP) is 16.2. The van der Waals surface area contributed by atoms with E-state index < -0.39 is 0 Å². The van der Waals surface area contributed by atoms with Gasteiger partial charge in [0.15, 0.2) is 6.39 Å². The molecule has 412 valence electrons. The SMILES string of the molecule is CC(C)C.CC(C)C.CC(C)C.CC(C)C.CC(C)C.CC(C)C.CC(C)C.CC(C)c1cnsn1.c1cn[nH]c1.c1cnoc1.c1cnsc1.c1cocn1.c1conn1.c1conn1.c1ncncn1. The van der Waals surface area contributed by atoms with Crippen LogP contribution in [0.15, 0.2) is 142 Å². The molecule has 0 saturated heterocycles. The Kier molecular flexibility index (Phi) is 79.8. The molecule has 0 unspecified atom stereocenters. The van der Waals surface area contributed by atoms with Crippen molar-refractivity contribution in [3.05, 3.63) is 129 Å². The van der Waals surface area contributed by atoms with Gasteiger partial charge in [0.2, 0.25) is 0 Å². The summed E-state index contributed by atoms with van der Waals surface area (Å²) in [5.74, 6) is 6.36. The van der Waals surface area contributed by atoms with Crippen LogP contribution in [0.4, 0.5) is 0 Å². The maximum Gasteiger partial charge on any atom is 0.180 e. The fourth-order valence-electron chi connectivity index (χ4n) is 1.65. The van der Waals surface area contributed by atoms with Crippen molar-refractivity contribution in [2.45, 2.75) is 165 Å². The largest absolute Gasteiger partial charge is 0.452 e. The molecule has 0 spiro atoms. The van der Waals surface area contributed by atoms with Gasteiger partial charge in [-0.25, -0.2) is 24.3 Å². The molecular weight excluding hydrogens is 949 g/mol. The Hall–Kier alpha value is -5.89. The molecule has 0 bridgehead atoms. The van der Waals surface area contributed by atoms with E-state index in [1.54, 1.807) is 37.1 Å². The van der Waals surface area contributed by atoms with Crippen molar-refractivity contribution in [1.29, 1.82) is 0 Å². The number of rotatable bonds is 1. The second kappa shape index (κ2) is 71.7. The number of nitrogens with one attached hydrogen (secondary N) is 1. The summed E-state index contributed by atoms with van der Waals surface area (Å²) in [6.45, 7) is 49.7. The highest BCUT2D eigenvalue weighted by atomic mass is 32.1. The smallest absolute Gasteiger partial charge is 0.180 e. The lowest BCUT2D eigenvalue weighted by molar-refractivity contribution is 0.392. The first-order chi connectivity index (χ1) is 33.9. The zero-order valence-electron chi connectivity index (χ0n) is 48.4. The quantitative estimate of drug-likeness (QED) is 0.161. The van der Waals surface area contributed by atoms with E-state index in [2.05, 4.69) is 246 Å².